The van der Waals surface area contributed by atoms with Crippen molar-refractivity contribution in [3.63, 3.8) is 0 Å². The molecule has 5 nitrogen and oxygen atoms in total. The molecule has 0 radical (unpaired) electrons. The van der Waals surface area contributed by atoms with Crippen molar-refractivity contribution >= 4 is 18.1 Å². The fourth-order valence-corrected chi connectivity index (χ4v) is 2.96. The van der Waals surface area contributed by atoms with Crippen molar-refractivity contribution in [3.8, 4) is 0 Å². The van der Waals surface area contributed by atoms with Crippen LogP contribution in [0.1, 0.15) is 23.2 Å². The predicted octanol–water partition coefficient (Wildman–Crippen LogP) is 1.76. The van der Waals surface area contributed by atoms with E-state index in [1.165, 1.54) is 0 Å². The molecule has 1 aromatic heterocycles. The maximum Gasteiger partial charge on any atom is 0.257 e. The number of hydrogen-bond acceptors (Lipinski definition) is 4. The van der Waals surface area contributed by atoms with Crippen molar-refractivity contribution in [3.05, 3.63) is 28.5 Å². The van der Waals surface area contributed by atoms with Crippen molar-refractivity contribution in [2.45, 2.75) is 25.0 Å². The number of morpholine rings is 1. The number of carbonyl (C=O) groups is 1. The fraction of sp³-hybridized carbons (Fsp3) is 0.571. The molecule has 3 rings (SSSR count). The Labute approximate surface area is 122 Å². The average Bonchev–Trinajstić information content (AvgIpc) is 3.01. The summed E-state index contributed by atoms with van der Waals surface area (Å²) in [6.07, 6.45) is 3.92. The number of H-pyrrole nitrogens is 1. The van der Waals surface area contributed by atoms with Crippen LogP contribution >= 0.6 is 12.2 Å². The maximum absolute atomic E-state index is 12.5. The van der Waals surface area contributed by atoms with E-state index in [0.717, 1.165) is 19.4 Å². The number of pyridine rings is 1. The van der Waals surface area contributed by atoms with E-state index in [2.05, 4.69) is 4.98 Å². The molecule has 0 spiro atoms. The number of carbonyl (C=O) groups excluding carboxylic acids is 1. The third-order valence-corrected chi connectivity index (χ3v) is 4.15. The van der Waals surface area contributed by atoms with Crippen LogP contribution in [0.15, 0.2) is 18.3 Å². The lowest BCUT2D eigenvalue weighted by Gasteiger charge is -2.35. The van der Waals surface area contributed by atoms with Crippen molar-refractivity contribution < 1.29 is 14.3 Å². The standard InChI is InChI=1S/C14H18N2O3S/c17-14(10-3-1-5-15-13(10)20)16-6-8-19-12(9-16)11-4-2-7-18-11/h1,3,5,11-12H,2,4,6-9H2,(H,15,20)/t11-,12-/m0/s1. The highest BCUT2D eigenvalue weighted by atomic mass is 32.1. The van der Waals surface area contributed by atoms with Gasteiger partial charge in [-0.15, -0.1) is 0 Å². The highest BCUT2D eigenvalue weighted by Crippen LogP contribution is 2.21. The molecule has 2 saturated heterocycles. The first-order valence-corrected chi connectivity index (χ1v) is 7.37. The molecule has 2 atom stereocenters. The van der Waals surface area contributed by atoms with Crippen molar-refractivity contribution in [1.82, 2.24) is 9.88 Å². The summed E-state index contributed by atoms with van der Waals surface area (Å²) in [4.78, 5) is 17.2. The van der Waals surface area contributed by atoms with Crippen LogP contribution in [0.2, 0.25) is 0 Å². The molecule has 3 heterocycles. The molecule has 20 heavy (non-hydrogen) atoms. The zero-order chi connectivity index (χ0) is 13.9. The SMILES string of the molecule is O=C(c1ccc[nH]c1=S)N1CCO[C@H]([C@@H]2CCCO2)C1. The zero-order valence-corrected chi connectivity index (χ0v) is 12.0. The normalized spacial score (nSPS) is 26.7. The minimum atomic E-state index is -0.0295. The topological polar surface area (TPSA) is 54.6 Å². The molecule has 1 amide bonds. The highest BCUT2D eigenvalue weighted by molar-refractivity contribution is 7.71. The van der Waals surface area contributed by atoms with E-state index in [1.807, 2.05) is 4.90 Å². The summed E-state index contributed by atoms with van der Waals surface area (Å²) in [5.74, 6) is -0.0295. The Morgan fingerprint density at radius 1 is 1.35 bits per heavy atom. The fourth-order valence-electron chi connectivity index (χ4n) is 2.74. The van der Waals surface area contributed by atoms with Crippen LogP contribution in [-0.2, 0) is 9.47 Å². The zero-order valence-electron chi connectivity index (χ0n) is 11.2. The molecular formula is C14H18N2O3S. The second kappa shape index (κ2) is 6.03. The number of aromatic nitrogens is 1. The van der Waals surface area contributed by atoms with Gasteiger partial charge in [0.15, 0.2) is 0 Å². The molecule has 108 valence electrons. The summed E-state index contributed by atoms with van der Waals surface area (Å²) in [6, 6.07) is 3.55. The van der Waals surface area contributed by atoms with Gasteiger partial charge in [-0.3, -0.25) is 4.79 Å². The number of nitrogens with zero attached hydrogens (tertiary/aromatic N) is 1. The number of amides is 1. The first-order chi connectivity index (χ1) is 9.75. The number of aromatic amines is 1. The van der Waals surface area contributed by atoms with Crippen LogP contribution in [0.25, 0.3) is 0 Å². The van der Waals surface area contributed by atoms with Gasteiger partial charge in [0, 0.05) is 25.9 Å². The van der Waals surface area contributed by atoms with Gasteiger partial charge in [-0.2, -0.15) is 0 Å². The molecule has 1 aromatic rings. The molecule has 0 aliphatic carbocycles. The van der Waals surface area contributed by atoms with Crippen LogP contribution in [0.3, 0.4) is 0 Å². The van der Waals surface area contributed by atoms with Gasteiger partial charge >= 0.3 is 0 Å². The van der Waals surface area contributed by atoms with Crippen molar-refractivity contribution in [1.29, 1.82) is 0 Å². The second-order valence-electron chi connectivity index (χ2n) is 5.12. The van der Waals surface area contributed by atoms with E-state index in [0.29, 0.717) is 29.9 Å². The van der Waals surface area contributed by atoms with E-state index < -0.39 is 0 Å². The summed E-state index contributed by atoms with van der Waals surface area (Å²) in [7, 11) is 0. The average molecular weight is 294 g/mol. The Morgan fingerprint density at radius 3 is 2.95 bits per heavy atom. The minimum Gasteiger partial charge on any atom is -0.375 e. The monoisotopic (exact) mass is 294 g/mol. The Kier molecular flexibility index (Phi) is 4.14. The molecule has 6 heteroatoms. The number of ether oxygens (including phenoxy) is 2. The Bertz CT molecular complexity index is 539. The van der Waals surface area contributed by atoms with E-state index in [4.69, 9.17) is 21.7 Å². The Hall–Kier alpha value is -1.24. The molecule has 2 aliphatic rings. The third kappa shape index (κ3) is 2.77. The van der Waals surface area contributed by atoms with Crippen molar-refractivity contribution in [2.24, 2.45) is 0 Å². The molecule has 0 aromatic carbocycles. The van der Waals surface area contributed by atoms with Crippen LogP contribution < -0.4 is 0 Å². The molecular weight excluding hydrogens is 276 g/mol. The highest BCUT2D eigenvalue weighted by Gasteiger charge is 2.33. The van der Waals surface area contributed by atoms with Gasteiger partial charge in [0.25, 0.3) is 5.91 Å². The van der Waals surface area contributed by atoms with Crippen LogP contribution in [0, 0.1) is 4.64 Å². The molecule has 0 saturated carbocycles. The van der Waals surface area contributed by atoms with Gasteiger partial charge in [-0.05, 0) is 25.0 Å². The third-order valence-electron chi connectivity index (χ3n) is 3.81. The Morgan fingerprint density at radius 2 is 2.20 bits per heavy atom. The number of rotatable bonds is 2. The van der Waals surface area contributed by atoms with E-state index in [-0.39, 0.29) is 18.1 Å². The first-order valence-electron chi connectivity index (χ1n) is 6.96. The largest absolute Gasteiger partial charge is 0.375 e. The van der Waals surface area contributed by atoms with E-state index >= 15 is 0 Å². The van der Waals surface area contributed by atoms with Gasteiger partial charge in [0.2, 0.25) is 0 Å². The number of nitrogens with one attached hydrogen (secondary N) is 1. The minimum absolute atomic E-state index is 0.0172. The van der Waals surface area contributed by atoms with Gasteiger partial charge in [-0.1, -0.05) is 12.2 Å². The smallest absolute Gasteiger partial charge is 0.257 e. The first kappa shape index (κ1) is 13.7. The molecule has 1 N–H and O–H groups in total. The predicted molar refractivity (Wildman–Crippen MR) is 76.2 cm³/mol. The van der Waals surface area contributed by atoms with Gasteiger partial charge in [0.05, 0.1) is 18.3 Å². The van der Waals surface area contributed by atoms with Crippen LogP contribution in [0.4, 0.5) is 0 Å². The molecule has 0 unspecified atom stereocenters. The van der Waals surface area contributed by atoms with Gasteiger partial charge in [-0.25, -0.2) is 0 Å². The lowest BCUT2D eigenvalue weighted by Crippen LogP contribution is -2.49. The Balaban J connectivity index is 1.72. The van der Waals surface area contributed by atoms with Crippen molar-refractivity contribution in [2.75, 3.05) is 26.3 Å². The summed E-state index contributed by atoms with van der Waals surface area (Å²) in [5.41, 5.74) is 0.551. The molecule has 2 aliphatic heterocycles. The second-order valence-corrected chi connectivity index (χ2v) is 5.53. The van der Waals surface area contributed by atoms with Crippen LogP contribution in [-0.4, -0.2) is 54.3 Å². The van der Waals surface area contributed by atoms with Gasteiger partial charge in [0.1, 0.15) is 10.7 Å². The lowest BCUT2D eigenvalue weighted by molar-refractivity contribution is -0.0868. The number of hydrogen-bond donors (Lipinski definition) is 1. The quantitative estimate of drug-likeness (QED) is 0.845. The van der Waals surface area contributed by atoms with E-state index in [9.17, 15) is 4.79 Å². The molecule has 2 fully saturated rings. The lowest BCUT2D eigenvalue weighted by atomic mass is 10.1. The summed E-state index contributed by atoms with van der Waals surface area (Å²) in [6.45, 7) is 2.53. The van der Waals surface area contributed by atoms with Crippen LogP contribution in [0.5, 0.6) is 0 Å². The van der Waals surface area contributed by atoms with E-state index in [1.54, 1.807) is 18.3 Å². The van der Waals surface area contributed by atoms with Gasteiger partial charge < -0.3 is 19.4 Å². The summed E-state index contributed by atoms with van der Waals surface area (Å²) in [5, 5.41) is 0. The maximum atomic E-state index is 12.5. The summed E-state index contributed by atoms with van der Waals surface area (Å²) >= 11 is 5.18. The molecule has 0 bridgehead atoms. The summed E-state index contributed by atoms with van der Waals surface area (Å²) < 4.78 is 11.9.